The molecule has 2 N–H and O–H groups in total. The van der Waals surface area contributed by atoms with Gasteiger partial charge in [0.05, 0.1) is 0 Å². The summed E-state index contributed by atoms with van der Waals surface area (Å²) in [6, 6.07) is 0. The lowest BCUT2D eigenvalue weighted by Gasteiger charge is -2.29. The summed E-state index contributed by atoms with van der Waals surface area (Å²) in [7, 11) is 0. The van der Waals surface area contributed by atoms with Gasteiger partial charge in [-0.3, -0.25) is 4.79 Å². The molecular formula is C12H24N2O. The summed E-state index contributed by atoms with van der Waals surface area (Å²) < 4.78 is 0. The predicted molar refractivity (Wildman–Crippen MR) is 62.4 cm³/mol. The highest BCUT2D eigenvalue weighted by molar-refractivity contribution is 5.76. The van der Waals surface area contributed by atoms with Crippen LogP contribution in [0.25, 0.3) is 0 Å². The van der Waals surface area contributed by atoms with Crippen LogP contribution in [0.1, 0.15) is 40.0 Å². The zero-order valence-corrected chi connectivity index (χ0v) is 10.3. The summed E-state index contributed by atoms with van der Waals surface area (Å²) in [5.41, 5.74) is 5.82. The summed E-state index contributed by atoms with van der Waals surface area (Å²) in [4.78, 5) is 13.7. The third kappa shape index (κ3) is 3.49. The van der Waals surface area contributed by atoms with E-state index in [4.69, 9.17) is 5.73 Å². The van der Waals surface area contributed by atoms with E-state index in [0.29, 0.717) is 24.3 Å². The van der Waals surface area contributed by atoms with Gasteiger partial charge in [-0.2, -0.15) is 0 Å². The van der Waals surface area contributed by atoms with Crippen LogP contribution in [0.5, 0.6) is 0 Å². The highest BCUT2D eigenvalue weighted by Gasteiger charge is 2.29. The summed E-state index contributed by atoms with van der Waals surface area (Å²) in [5.74, 6) is 0.941. The minimum atomic E-state index is 0.284. The van der Waals surface area contributed by atoms with Crippen LogP contribution in [-0.2, 0) is 4.79 Å². The maximum absolute atomic E-state index is 11.7. The zero-order chi connectivity index (χ0) is 11.5. The van der Waals surface area contributed by atoms with E-state index >= 15 is 0 Å². The monoisotopic (exact) mass is 212 g/mol. The Labute approximate surface area is 93.0 Å². The van der Waals surface area contributed by atoms with E-state index < -0.39 is 0 Å². The van der Waals surface area contributed by atoms with Crippen molar-refractivity contribution in [3.8, 4) is 0 Å². The van der Waals surface area contributed by atoms with Gasteiger partial charge < -0.3 is 10.6 Å². The molecule has 0 radical (unpaired) electrons. The van der Waals surface area contributed by atoms with Crippen LogP contribution in [0.3, 0.4) is 0 Å². The van der Waals surface area contributed by atoms with E-state index in [2.05, 4.69) is 20.8 Å². The van der Waals surface area contributed by atoms with Crippen molar-refractivity contribution >= 4 is 5.91 Å². The number of likely N-dealkylation sites (tertiary alicyclic amines) is 1. The highest BCUT2D eigenvalue weighted by Crippen LogP contribution is 2.34. The molecule has 1 fully saturated rings. The van der Waals surface area contributed by atoms with Gasteiger partial charge in [-0.25, -0.2) is 0 Å². The fourth-order valence-electron chi connectivity index (χ4n) is 2.29. The van der Waals surface area contributed by atoms with Crippen LogP contribution < -0.4 is 5.73 Å². The second-order valence-electron chi connectivity index (χ2n) is 5.56. The molecule has 3 nitrogen and oxygen atoms in total. The molecule has 0 saturated carbocycles. The molecule has 1 aliphatic heterocycles. The SMILES string of the molecule is CC(C)(C)C1CCC(=O)N(CCN)CC1. The molecule has 1 atom stereocenters. The van der Waals surface area contributed by atoms with Gasteiger partial charge in [-0.05, 0) is 24.2 Å². The molecule has 0 aliphatic carbocycles. The Balaban J connectivity index is 2.57. The maximum atomic E-state index is 11.7. The average molecular weight is 212 g/mol. The molecule has 3 heteroatoms. The zero-order valence-electron chi connectivity index (χ0n) is 10.3. The van der Waals surface area contributed by atoms with Crippen LogP contribution >= 0.6 is 0 Å². The van der Waals surface area contributed by atoms with Gasteiger partial charge in [0.15, 0.2) is 0 Å². The van der Waals surface area contributed by atoms with Gasteiger partial charge >= 0.3 is 0 Å². The molecule has 1 saturated heterocycles. The average Bonchev–Trinajstić information content (AvgIpc) is 2.29. The van der Waals surface area contributed by atoms with E-state index in [1.807, 2.05) is 4.90 Å². The summed E-state index contributed by atoms with van der Waals surface area (Å²) in [5, 5.41) is 0. The summed E-state index contributed by atoms with van der Waals surface area (Å²) in [6.07, 6.45) is 2.85. The van der Waals surface area contributed by atoms with Gasteiger partial charge in [0.2, 0.25) is 5.91 Å². The highest BCUT2D eigenvalue weighted by atomic mass is 16.2. The molecule has 0 bridgehead atoms. The first-order valence-electron chi connectivity index (χ1n) is 5.93. The maximum Gasteiger partial charge on any atom is 0.222 e. The smallest absolute Gasteiger partial charge is 0.222 e. The third-order valence-electron chi connectivity index (χ3n) is 3.43. The van der Waals surface area contributed by atoms with Gasteiger partial charge in [-0.1, -0.05) is 20.8 Å². The molecule has 0 aromatic carbocycles. The number of nitrogens with zero attached hydrogens (tertiary/aromatic N) is 1. The third-order valence-corrected chi connectivity index (χ3v) is 3.43. The van der Waals surface area contributed by atoms with Crippen molar-refractivity contribution in [1.29, 1.82) is 0 Å². The molecule has 1 heterocycles. The predicted octanol–water partition coefficient (Wildman–Crippen LogP) is 1.62. The molecule has 0 spiro atoms. The number of hydrogen-bond donors (Lipinski definition) is 1. The number of nitrogens with two attached hydrogens (primary N) is 1. The van der Waals surface area contributed by atoms with Crippen LogP contribution in [0.15, 0.2) is 0 Å². The molecule has 0 aromatic rings. The Kier molecular flexibility index (Phi) is 4.14. The van der Waals surface area contributed by atoms with Crippen LogP contribution in [0.2, 0.25) is 0 Å². The van der Waals surface area contributed by atoms with Crippen molar-refractivity contribution in [1.82, 2.24) is 4.90 Å². The summed E-state index contributed by atoms with van der Waals surface area (Å²) in [6.45, 7) is 8.97. The molecule has 1 amide bonds. The largest absolute Gasteiger partial charge is 0.341 e. The fraction of sp³-hybridized carbons (Fsp3) is 0.917. The van der Waals surface area contributed by atoms with Crippen molar-refractivity contribution in [2.24, 2.45) is 17.1 Å². The number of rotatable bonds is 2. The number of carbonyl (C=O) groups is 1. The minimum Gasteiger partial charge on any atom is -0.341 e. The van der Waals surface area contributed by atoms with Gasteiger partial charge in [0, 0.05) is 26.1 Å². The Morgan fingerprint density at radius 2 is 2.07 bits per heavy atom. The lowest BCUT2D eigenvalue weighted by Crippen LogP contribution is -2.35. The van der Waals surface area contributed by atoms with Crippen molar-refractivity contribution in [2.45, 2.75) is 40.0 Å². The van der Waals surface area contributed by atoms with Crippen molar-refractivity contribution in [3.05, 3.63) is 0 Å². The lowest BCUT2D eigenvalue weighted by molar-refractivity contribution is -0.130. The van der Waals surface area contributed by atoms with E-state index in [-0.39, 0.29) is 5.91 Å². The second-order valence-corrected chi connectivity index (χ2v) is 5.56. The second kappa shape index (κ2) is 4.97. The van der Waals surface area contributed by atoms with Crippen LogP contribution in [0.4, 0.5) is 0 Å². The first-order chi connectivity index (χ1) is 6.95. The standard InChI is InChI=1S/C12H24N2O/c1-12(2,3)10-4-5-11(15)14(8-6-10)9-7-13/h10H,4-9,13H2,1-3H3. The van der Waals surface area contributed by atoms with Gasteiger partial charge in [-0.15, -0.1) is 0 Å². The molecule has 1 unspecified atom stereocenters. The minimum absolute atomic E-state index is 0.284. The number of hydrogen-bond acceptors (Lipinski definition) is 2. The number of carbonyl (C=O) groups excluding carboxylic acids is 1. The van der Waals surface area contributed by atoms with Crippen molar-refractivity contribution in [2.75, 3.05) is 19.6 Å². The fourth-order valence-corrected chi connectivity index (χ4v) is 2.29. The lowest BCUT2D eigenvalue weighted by atomic mass is 9.77. The molecular weight excluding hydrogens is 188 g/mol. The number of amides is 1. The van der Waals surface area contributed by atoms with E-state index in [0.717, 1.165) is 25.9 Å². The van der Waals surface area contributed by atoms with Crippen molar-refractivity contribution in [3.63, 3.8) is 0 Å². The van der Waals surface area contributed by atoms with Crippen LogP contribution in [-0.4, -0.2) is 30.4 Å². The molecule has 1 aliphatic rings. The Morgan fingerprint density at radius 3 is 2.60 bits per heavy atom. The Morgan fingerprint density at radius 1 is 1.40 bits per heavy atom. The van der Waals surface area contributed by atoms with E-state index in [1.165, 1.54) is 0 Å². The summed E-state index contributed by atoms with van der Waals surface area (Å²) >= 11 is 0. The van der Waals surface area contributed by atoms with Crippen molar-refractivity contribution < 1.29 is 4.79 Å². The Bertz CT molecular complexity index is 220. The first kappa shape index (κ1) is 12.5. The quantitative estimate of drug-likeness (QED) is 0.756. The Hall–Kier alpha value is -0.570. The van der Waals surface area contributed by atoms with Crippen LogP contribution in [0, 0.1) is 11.3 Å². The van der Waals surface area contributed by atoms with Gasteiger partial charge in [0.1, 0.15) is 0 Å². The molecule has 88 valence electrons. The molecule has 1 rings (SSSR count). The first-order valence-corrected chi connectivity index (χ1v) is 5.93. The van der Waals surface area contributed by atoms with E-state index in [1.54, 1.807) is 0 Å². The van der Waals surface area contributed by atoms with E-state index in [9.17, 15) is 4.79 Å². The van der Waals surface area contributed by atoms with Gasteiger partial charge in [0.25, 0.3) is 0 Å². The molecule has 15 heavy (non-hydrogen) atoms. The normalized spacial score (nSPS) is 24.1. The molecule has 0 aromatic heterocycles. The topological polar surface area (TPSA) is 46.3 Å².